The molecular formula is C15H16N4O3. The van der Waals surface area contributed by atoms with E-state index in [4.69, 9.17) is 9.47 Å². The van der Waals surface area contributed by atoms with Crippen molar-refractivity contribution in [2.45, 2.75) is 18.6 Å². The number of hydrogen-bond donors (Lipinski definition) is 0. The first-order valence-corrected chi connectivity index (χ1v) is 7.34. The Hall–Kier alpha value is -2.57. The van der Waals surface area contributed by atoms with E-state index in [-0.39, 0.29) is 18.6 Å². The summed E-state index contributed by atoms with van der Waals surface area (Å²) < 4.78 is 13.2. The molecule has 1 amide bonds. The van der Waals surface area contributed by atoms with E-state index in [1.54, 1.807) is 10.9 Å². The number of amides is 1. The molecule has 2 atom stereocenters. The molecule has 0 bridgehead atoms. The van der Waals surface area contributed by atoms with Gasteiger partial charge in [0.15, 0.2) is 11.5 Å². The molecule has 3 heterocycles. The van der Waals surface area contributed by atoms with Crippen LogP contribution in [0.15, 0.2) is 36.7 Å². The van der Waals surface area contributed by atoms with Crippen molar-refractivity contribution in [3.63, 3.8) is 0 Å². The van der Waals surface area contributed by atoms with Gasteiger partial charge in [-0.05, 0) is 18.6 Å². The van der Waals surface area contributed by atoms with E-state index in [0.29, 0.717) is 24.6 Å². The van der Waals surface area contributed by atoms with Gasteiger partial charge in [-0.1, -0.05) is 17.3 Å². The summed E-state index contributed by atoms with van der Waals surface area (Å²) in [6.45, 7) is 1.58. The van der Waals surface area contributed by atoms with Crippen LogP contribution in [0.5, 0.6) is 11.5 Å². The standard InChI is InChI=1S/C15H16N4O3/c20-15(14-10-21-12-3-1-2-4-13(12)22-14)18-7-5-11(9-18)19-8-6-16-17-19/h1-4,6,8,11,14H,5,7,9-10H2/t11-,14-/m0/s1. The molecule has 0 saturated carbocycles. The Bertz CT molecular complexity index is 673. The van der Waals surface area contributed by atoms with Crippen LogP contribution in [0, 0.1) is 0 Å². The van der Waals surface area contributed by atoms with Crippen molar-refractivity contribution < 1.29 is 14.3 Å². The molecule has 1 fully saturated rings. The highest BCUT2D eigenvalue weighted by atomic mass is 16.6. The molecule has 0 spiro atoms. The summed E-state index contributed by atoms with van der Waals surface area (Å²) in [5, 5.41) is 7.82. The van der Waals surface area contributed by atoms with Crippen LogP contribution in [0.25, 0.3) is 0 Å². The average Bonchev–Trinajstić information content (AvgIpc) is 3.24. The monoisotopic (exact) mass is 300 g/mol. The number of fused-ring (bicyclic) bond motifs is 1. The van der Waals surface area contributed by atoms with Gasteiger partial charge in [0.1, 0.15) is 6.61 Å². The topological polar surface area (TPSA) is 69.5 Å². The van der Waals surface area contributed by atoms with E-state index in [9.17, 15) is 4.79 Å². The summed E-state index contributed by atoms with van der Waals surface area (Å²) in [6, 6.07) is 7.59. The number of likely N-dealkylation sites (tertiary alicyclic amines) is 1. The first-order chi connectivity index (χ1) is 10.8. The molecule has 7 heteroatoms. The van der Waals surface area contributed by atoms with Crippen LogP contribution in [0.3, 0.4) is 0 Å². The van der Waals surface area contributed by atoms with Gasteiger partial charge >= 0.3 is 0 Å². The molecule has 1 aromatic carbocycles. The molecule has 2 aliphatic heterocycles. The van der Waals surface area contributed by atoms with Crippen LogP contribution in [-0.4, -0.2) is 51.6 Å². The van der Waals surface area contributed by atoms with Crippen molar-refractivity contribution in [2.24, 2.45) is 0 Å². The van der Waals surface area contributed by atoms with Gasteiger partial charge < -0.3 is 14.4 Å². The maximum Gasteiger partial charge on any atom is 0.267 e. The number of nitrogens with zero attached hydrogens (tertiary/aromatic N) is 4. The smallest absolute Gasteiger partial charge is 0.267 e. The molecule has 2 aromatic rings. The minimum atomic E-state index is -0.579. The predicted molar refractivity (Wildman–Crippen MR) is 76.6 cm³/mol. The number of aromatic nitrogens is 3. The Morgan fingerprint density at radius 1 is 1.27 bits per heavy atom. The van der Waals surface area contributed by atoms with Gasteiger partial charge in [-0.3, -0.25) is 4.79 Å². The minimum Gasteiger partial charge on any atom is -0.485 e. The van der Waals surface area contributed by atoms with E-state index in [2.05, 4.69) is 10.3 Å². The van der Waals surface area contributed by atoms with Gasteiger partial charge in [0.25, 0.3) is 5.91 Å². The second kappa shape index (κ2) is 5.32. The maximum atomic E-state index is 12.6. The summed E-state index contributed by atoms with van der Waals surface area (Å²) >= 11 is 0. The van der Waals surface area contributed by atoms with Crippen LogP contribution >= 0.6 is 0 Å². The average molecular weight is 300 g/mol. The van der Waals surface area contributed by atoms with Crippen molar-refractivity contribution in [3.8, 4) is 11.5 Å². The van der Waals surface area contributed by atoms with Gasteiger partial charge in [0.05, 0.1) is 12.2 Å². The van der Waals surface area contributed by atoms with Crippen LogP contribution in [0.4, 0.5) is 0 Å². The van der Waals surface area contributed by atoms with Gasteiger partial charge in [-0.2, -0.15) is 0 Å². The lowest BCUT2D eigenvalue weighted by molar-refractivity contribution is -0.140. The molecule has 4 rings (SSSR count). The molecule has 0 radical (unpaired) electrons. The Kier molecular flexibility index (Phi) is 3.17. The zero-order chi connectivity index (χ0) is 14.9. The molecule has 1 saturated heterocycles. The number of para-hydroxylation sites is 2. The van der Waals surface area contributed by atoms with Gasteiger partial charge in [0.2, 0.25) is 6.10 Å². The lowest BCUT2D eigenvalue weighted by Crippen LogP contribution is -2.45. The van der Waals surface area contributed by atoms with E-state index in [0.717, 1.165) is 6.42 Å². The van der Waals surface area contributed by atoms with Gasteiger partial charge in [0, 0.05) is 19.3 Å². The van der Waals surface area contributed by atoms with Crippen LogP contribution < -0.4 is 9.47 Å². The number of benzene rings is 1. The van der Waals surface area contributed by atoms with Crippen LogP contribution in [0.2, 0.25) is 0 Å². The number of carbonyl (C=O) groups excluding carboxylic acids is 1. The molecule has 22 heavy (non-hydrogen) atoms. The second-order valence-electron chi connectivity index (χ2n) is 5.47. The third-order valence-corrected chi connectivity index (χ3v) is 4.07. The van der Waals surface area contributed by atoms with Crippen molar-refractivity contribution in [3.05, 3.63) is 36.7 Å². The molecule has 1 aromatic heterocycles. The molecule has 0 N–H and O–H groups in total. The third-order valence-electron chi connectivity index (χ3n) is 4.07. The maximum absolute atomic E-state index is 12.6. The minimum absolute atomic E-state index is 0.0304. The third kappa shape index (κ3) is 2.28. The highest BCUT2D eigenvalue weighted by Gasteiger charge is 2.35. The molecular weight excluding hydrogens is 284 g/mol. The highest BCUT2D eigenvalue weighted by Crippen LogP contribution is 2.32. The molecule has 114 valence electrons. The lowest BCUT2D eigenvalue weighted by Gasteiger charge is -2.28. The predicted octanol–water partition coefficient (Wildman–Crippen LogP) is 0.891. The largest absolute Gasteiger partial charge is 0.485 e. The fourth-order valence-electron chi connectivity index (χ4n) is 2.91. The van der Waals surface area contributed by atoms with Crippen molar-refractivity contribution in [1.82, 2.24) is 19.9 Å². The second-order valence-corrected chi connectivity index (χ2v) is 5.47. The zero-order valence-corrected chi connectivity index (χ0v) is 12.0. The lowest BCUT2D eigenvalue weighted by atomic mass is 10.2. The number of hydrogen-bond acceptors (Lipinski definition) is 5. The number of ether oxygens (including phenoxy) is 2. The fraction of sp³-hybridized carbons (Fsp3) is 0.400. The van der Waals surface area contributed by atoms with E-state index in [1.165, 1.54) is 0 Å². The Morgan fingerprint density at radius 2 is 2.14 bits per heavy atom. The molecule has 7 nitrogen and oxygen atoms in total. The Morgan fingerprint density at radius 3 is 2.95 bits per heavy atom. The Labute approximate surface area is 127 Å². The SMILES string of the molecule is O=C([C@@H]1COc2ccccc2O1)N1CC[C@H](n2ccnn2)C1. The quantitative estimate of drug-likeness (QED) is 0.824. The van der Waals surface area contributed by atoms with E-state index in [1.807, 2.05) is 35.4 Å². The normalized spacial score (nSPS) is 23.5. The summed E-state index contributed by atoms with van der Waals surface area (Å²) in [4.78, 5) is 14.4. The van der Waals surface area contributed by atoms with Crippen LogP contribution in [-0.2, 0) is 4.79 Å². The molecule has 0 unspecified atom stereocenters. The summed E-state index contributed by atoms with van der Waals surface area (Å²) in [5.41, 5.74) is 0. The van der Waals surface area contributed by atoms with E-state index >= 15 is 0 Å². The fourth-order valence-corrected chi connectivity index (χ4v) is 2.91. The van der Waals surface area contributed by atoms with Gasteiger partial charge in [-0.25, -0.2) is 4.68 Å². The zero-order valence-electron chi connectivity index (χ0n) is 12.0. The van der Waals surface area contributed by atoms with E-state index < -0.39 is 6.10 Å². The highest BCUT2D eigenvalue weighted by molar-refractivity contribution is 5.82. The Balaban J connectivity index is 1.43. The molecule has 2 aliphatic rings. The van der Waals surface area contributed by atoms with Gasteiger partial charge in [-0.15, -0.1) is 5.10 Å². The summed E-state index contributed by atoms with van der Waals surface area (Å²) in [6.07, 6.45) is 3.78. The summed E-state index contributed by atoms with van der Waals surface area (Å²) in [7, 11) is 0. The first-order valence-electron chi connectivity index (χ1n) is 7.34. The number of rotatable bonds is 2. The van der Waals surface area contributed by atoms with Crippen molar-refractivity contribution in [2.75, 3.05) is 19.7 Å². The molecule has 0 aliphatic carbocycles. The first kappa shape index (κ1) is 13.1. The summed E-state index contributed by atoms with van der Waals surface area (Å²) in [5.74, 6) is 1.28. The van der Waals surface area contributed by atoms with Crippen LogP contribution in [0.1, 0.15) is 12.5 Å². The number of carbonyl (C=O) groups is 1. The van der Waals surface area contributed by atoms with Crippen molar-refractivity contribution in [1.29, 1.82) is 0 Å². The van der Waals surface area contributed by atoms with Crippen molar-refractivity contribution >= 4 is 5.91 Å².